The van der Waals surface area contributed by atoms with Gasteiger partial charge in [-0.05, 0) is 54.4 Å². The first-order valence-electron chi connectivity index (χ1n) is 15.2. The summed E-state index contributed by atoms with van der Waals surface area (Å²) in [7, 11) is 0. The van der Waals surface area contributed by atoms with E-state index >= 15 is 0 Å². The molecule has 1 aromatic rings. The number of benzene rings is 1. The van der Waals surface area contributed by atoms with Crippen LogP contribution in [0.3, 0.4) is 0 Å². The number of rotatable bonds is 16. The van der Waals surface area contributed by atoms with Crippen LogP contribution in [0.2, 0.25) is 0 Å². The van der Waals surface area contributed by atoms with Crippen molar-refractivity contribution in [3.8, 4) is 0 Å². The molecule has 1 fully saturated rings. The third-order valence-electron chi connectivity index (χ3n) is 7.63. The molecule has 11 nitrogen and oxygen atoms in total. The Hall–Kier alpha value is -2.99. The number of β-amino-alcohol motifs (C(OH)–C–C–N with tert-alkyl or cyclic N) is 1. The number of amides is 3. The van der Waals surface area contributed by atoms with Gasteiger partial charge in [-0.2, -0.15) is 0 Å². The van der Waals surface area contributed by atoms with E-state index in [1.165, 1.54) is 4.90 Å². The largest absolute Gasteiger partial charge is 0.493 e. The molecule has 0 saturated carbocycles. The van der Waals surface area contributed by atoms with Gasteiger partial charge in [-0.25, -0.2) is 0 Å². The Kier molecular flexibility index (Phi) is 13.4. The van der Waals surface area contributed by atoms with E-state index in [0.717, 1.165) is 29.5 Å². The van der Waals surface area contributed by atoms with Gasteiger partial charge in [0.25, 0.3) is 0 Å². The molecule has 3 amide bonds. The van der Waals surface area contributed by atoms with Crippen LogP contribution in [0.15, 0.2) is 30.5 Å². The summed E-state index contributed by atoms with van der Waals surface area (Å²) in [5, 5.41) is 24.9. The summed E-state index contributed by atoms with van der Waals surface area (Å²) >= 11 is 0. The van der Waals surface area contributed by atoms with Crippen molar-refractivity contribution in [2.45, 2.75) is 90.6 Å². The van der Waals surface area contributed by atoms with Gasteiger partial charge in [0.15, 0.2) is 0 Å². The lowest BCUT2D eigenvalue weighted by molar-refractivity contribution is -0.144. The number of likely N-dealkylation sites (tertiary alicyclic amines) is 1. The molecule has 2 aliphatic rings. The molecule has 1 saturated heterocycles. The first kappa shape index (κ1) is 34.5. The SMILES string of the molecule is Cc1cc(CNC(=O)C2C[C@@H](O)CN2C(=O)[C@@H](NC(=O)COCCCOCCCCO)C(C)(C)C)ccc1C1CC=CO1. The smallest absolute Gasteiger partial charge is 0.246 e. The molecular formula is C32H49N3O8. The fraction of sp³-hybridized carbons (Fsp3) is 0.656. The van der Waals surface area contributed by atoms with E-state index in [1.807, 2.05) is 52.0 Å². The molecule has 2 aliphatic heterocycles. The zero-order chi connectivity index (χ0) is 31.4. The van der Waals surface area contributed by atoms with Crippen molar-refractivity contribution in [3.05, 3.63) is 47.2 Å². The van der Waals surface area contributed by atoms with Crippen LogP contribution in [-0.4, -0.2) is 90.6 Å². The van der Waals surface area contributed by atoms with E-state index in [4.69, 9.17) is 19.3 Å². The maximum absolute atomic E-state index is 13.7. The number of nitrogens with zero attached hydrogens (tertiary/aromatic N) is 1. The Bertz CT molecular complexity index is 1090. The second kappa shape index (κ2) is 16.7. The lowest BCUT2D eigenvalue weighted by atomic mass is 9.85. The van der Waals surface area contributed by atoms with E-state index < -0.39 is 35.4 Å². The van der Waals surface area contributed by atoms with Gasteiger partial charge in [0.1, 0.15) is 24.8 Å². The summed E-state index contributed by atoms with van der Waals surface area (Å²) in [6.45, 7) is 9.15. The van der Waals surface area contributed by atoms with E-state index in [2.05, 4.69) is 10.6 Å². The van der Waals surface area contributed by atoms with Crippen molar-refractivity contribution in [1.82, 2.24) is 15.5 Å². The van der Waals surface area contributed by atoms with Crippen molar-refractivity contribution in [2.75, 3.05) is 39.6 Å². The molecule has 3 rings (SSSR count). The topological polar surface area (TPSA) is 147 Å². The Labute approximate surface area is 254 Å². The van der Waals surface area contributed by atoms with Crippen LogP contribution in [-0.2, 0) is 35.1 Å². The predicted octanol–water partition coefficient (Wildman–Crippen LogP) is 2.27. The third kappa shape index (κ3) is 10.6. The highest BCUT2D eigenvalue weighted by Gasteiger charge is 2.44. The number of aryl methyl sites for hydroxylation is 1. The Morgan fingerprint density at radius 2 is 1.86 bits per heavy atom. The minimum absolute atomic E-state index is 0.0113. The predicted molar refractivity (Wildman–Crippen MR) is 161 cm³/mol. The van der Waals surface area contributed by atoms with Crippen LogP contribution in [0.4, 0.5) is 0 Å². The zero-order valence-corrected chi connectivity index (χ0v) is 26.0. The van der Waals surface area contributed by atoms with E-state index in [0.29, 0.717) is 32.7 Å². The highest BCUT2D eigenvalue weighted by molar-refractivity contribution is 5.93. The Morgan fingerprint density at radius 3 is 2.53 bits per heavy atom. The van der Waals surface area contributed by atoms with Gasteiger partial charge in [0.2, 0.25) is 17.7 Å². The maximum atomic E-state index is 13.7. The summed E-state index contributed by atoms with van der Waals surface area (Å²) in [4.78, 5) is 41.1. The fourth-order valence-corrected chi connectivity index (χ4v) is 5.27. The molecule has 0 bridgehead atoms. The third-order valence-corrected chi connectivity index (χ3v) is 7.63. The standard InChI is InChI=1S/C32H49N3O8/c1-22-17-23(10-11-25(22)27-9-7-16-43-27)19-33-30(39)26-18-24(37)20-35(26)31(40)29(32(2,3)4)34-28(38)21-42-15-8-14-41-13-6-5-12-36/h7,10-11,16-17,24,26-27,29,36-37H,5-6,8-9,12-15,18-21H2,1-4H3,(H,33,39)(H,34,38)/t24-,26?,27?,29-/m1/s1. The normalized spacial score (nSPS) is 20.6. The number of carbonyl (C=O) groups excluding carboxylic acids is 3. The summed E-state index contributed by atoms with van der Waals surface area (Å²) in [5.74, 6) is -1.20. The number of ether oxygens (including phenoxy) is 3. The molecule has 0 spiro atoms. The lowest BCUT2D eigenvalue weighted by Crippen LogP contribution is -2.58. The van der Waals surface area contributed by atoms with Crippen LogP contribution < -0.4 is 10.6 Å². The second-order valence-electron chi connectivity index (χ2n) is 12.4. The molecule has 0 radical (unpaired) electrons. The van der Waals surface area contributed by atoms with E-state index in [9.17, 15) is 19.5 Å². The summed E-state index contributed by atoms with van der Waals surface area (Å²) in [5.41, 5.74) is 2.45. The number of aliphatic hydroxyl groups excluding tert-OH is 2. The quantitative estimate of drug-likeness (QED) is 0.211. The van der Waals surface area contributed by atoms with Crippen LogP contribution in [0.5, 0.6) is 0 Å². The van der Waals surface area contributed by atoms with Crippen LogP contribution in [0.1, 0.15) is 75.7 Å². The van der Waals surface area contributed by atoms with Crippen LogP contribution >= 0.6 is 0 Å². The monoisotopic (exact) mass is 603 g/mol. The number of unbranched alkanes of at least 4 members (excludes halogenated alkanes) is 1. The molecule has 2 heterocycles. The molecule has 0 aliphatic carbocycles. The second-order valence-corrected chi connectivity index (χ2v) is 12.4. The van der Waals surface area contributed by atoms with Gasteiger partial charge in [-0.1, -0.05) is 39.0 Å². The molecule has 4 N–H and O–H groups in total. The molecule has 43 heavy (non-hydrogen) atoms. The highest BCUT2D eigenvalue weighted by Crippen LogP contribution is 2.30. The Balaban J connectivity index is 1.52. The van der Waals surface area contributed by atoms with Crippen molar-refractivity contribution >= 4 is 17.7 Å². The maximum Gasteiger partial charge on any atom is 0.246 e. The fourth-order valence-electron chi connectivity index (χ4n) is 5.27. The molecular weight excluding hydrogens is 554 g/mol. The molecule has 0 aromatic heterocycles. The molecule has 11 heteroatoms. The van der Waals surface area contributed by atoms with Gasteiger partial charge in [-0.15, -0.1) is 0 Å². The number of hydrogen-bond acceptors (Lipinski definition) is 8. The first-order valence-corrected chi connectivity index (χ1v) is 15.2. The molecule has 240 valence electrons. The lowest BCUT2D eigenvalue weighted by Gasteiger charge is -2.35. The van der Waals surface area contributed by atoms with Crippen molar-refractivity contribution in [1.29, 1.82) is 0 Å². The minimum Gasteiger partial charge on any atom is -0.493 e. The average molecular weight is 604 g/mol. The summed E-state index contributed by atoms with van der Waals surface area (Å²) in [6.07, 6.45) is 5.95. The van der Waals surface area contributed by atoms with Crippen LogP contribution in [0.25, 0.3) is 0 Å². The van der Waals surface area contributed by atoms with Gasteiger partial charge < -0.3 is 40.0 Å². The number of carbonyl (C=O) groups is 3. The van der Waals surface area contributed by atoms with E-state index in [-0.39, 0.29) is 44.7 Å². The van der Waals surface area contributed by atoms with Crippen molar-refractivity contribution in [3.63, 3.8) is 0 Å². The number of aliphatic hydroxyl groups is 2. The van der Waals surface area contributed by atoms with Crippen LogP contribution in [0, 0.1) is 12.3 Å². The summed E-state index contributed by atoms with van der Waals surface area (Å²) < 4.78 is 16.5. The number of nitrogens with one attached hydrogen (secondary N) is 2. The van der Waals surface area contributed by atoms with Gasteiger partial charge >= 0.3 is 0 Å². The molecule has 1 aromatic carbocycles. The van der Waals surface area contributed by atoms with E-state index in [1.54, 1.807) is 6.26 Å². The molecule has 2 unspecified atom stereocenters. The van der Waals surface area contributed by atoms with Gasteiger partial charge in [-0.3, -0.25) is 14.4 Å². The summed E-state index contributed by atoms with van der Waals surface area (Å²) in [6, 6.07) is 4.22. The van der Waals surface area contributed by atoms with Crippen molar-refractivity contribution in [2.24, 2.45) is 5.41 Å². The number of hydrogen-bond donors (Lipinski definition) is 4. The van der Waals surface area contributed by atoms with Gasteiger partial charge in [0, 0.05) is 52.4 Å². The highest BCUT2D eigenvalue weighted by atomic mass is 16.5. The minimum atomic E-state index is -0.915. The first-order chi connectivity index (χ1) is 20.5. The molecule has 4 atom stereocenters. The van der Waals surface area contributed by atoms with Crippen molar-refractivity contribution < 1.29 is 38.8 Å². The Morgan fingerprint density at radius 1 is 1.12 bits per heavy atom. The average Bonchev–Trinajstić information content (AvgIpc) is 3.63. The van der Waals surface area contributed by atoms with Gasteiger partial charge in [0.05, 0.1) is 12.4 Å². The zero-order valence-electron chi connectivity index (χ0n) is 26.0.